The van der Waals surface area contributed by atoms with Gasteiger partial charge in [0.1, 0.15) is 5.01 Å². The van der Waals surface area contributed by atoms with Gasteiger partial charge < -0.3 is 5.73 Å². The number of thiazole rings is 1. The average molecular weight is 218 g/mol. The van der Waals surface area contributed by atoms with Gasteiger partial charge in [0, 0.05) is 17.5 Å². The van der Waals surface area contributed by atoms with Gasteiger partial charge in [-0.15, -0.1) is 11.3 Å². The molecule has 1 aromatic heterocycles. The molecule has 2 aromatic rings. The summed E-state index contributed by atoms with van der Waals surface area (Å²) in [5.74, 6) is 0. The Bertz CT molecular complexity index is 431. The van der Waals surface area contributed by atoms with E-state index in [1.54, 1.807) is 11.3 Å². The van der Waals surface area contributed by atoms with E-state index in [0.29, 0.717) is 6.54 Å². The van der Waals surface area contributed by atoms with Gasteiger partial charge in [0.25, 0.3) is 0 Å². The van der Waals surface area contributed by atoms with Crippen LogP contribution in [0.25, 0.3) is 10.6 Å². The molecule has 0 radical (unpaired) electrons. The van der Waals surface area contributed by atoms with Crippen LogP contribution < -0.4 is 5.73 Å². The molecule has 0 amide bonds. The summed E-state index contributed by atoms with van der Waals surface area (Å²) in [6.07, 6.45) is 1.08. The molecule has 0 bridgehead atoms. The van der Waals surface area contributed by atoms with Crippen LogP contribution in [0.2, 0.25) is 0 Å². The Morgan fingerprint density at radius 2 is 2.00 bits per heavy atom. The van der Waals surface area contributed by atoms with E-state index in [9.17, 15) is 0 Å². The van der Waals surface area contributed by atoms with Crippen molar-refractivity contribution in [3.63, 3.8) is 0 Å². The summed E-state index contributed by atoms with van der Waals surface area (Å²) in [5.41, 5.74) is 9.03. The highest BCUT2D eigenvalue weighted by Gasteiger charge is 2.02. The van der Waals surface area contributed by atoms with Crippen LogP contribution in [-0.2, 0) is 13.0 Å². The zero-order valence-corrected chi connectivity index (χ0v) is 9.55. The first-order chi connectivity index (χ1) is 7.33. The smallest absolute Gasteiger partial charge is 0.123 e. The number of nitrogens with zero attached hydrogens (tertiary/aromatic N) is 1. The van der Waals surface area contributed by atoms with E-state index in [1.165, 1.54) is 11.1 Å². The zero-order chi connectivity index (χ0) is 10.7. The second kappa shape index (κ2) is 4.55. The summed E-state index contributed by atoms with van der Waals surface area (Å²) in [5, 5.41) is 3.07. The number of nitrogens with two attached hydrogens (primary N) is 1. The fraction of sp³-hybridized carbons (Fsp3) is 0.250. The van der Waals surface area contributed by atoms with Gasteiger partial charge in [-0.3, -0.25) is 0 Å². The van der Waals surface area contributed by atoms with Crippen molar-refractivity contribution in [2.45, 2.75) is 19.9 Å². The molecule has 0 unspecified atom stereocenters. The Kier molecular flexibility index (Phi) is 3.14. The maximum Gasteiger partial charge on any atom is 0.123 e. The van der Waals surface area contributed by atoms with Crippen LogP contribution in [0.15, 0.2) is 29.6 Å². The molecule has 0 saturated carbocycles. The van der Waals surface area contributed by atoms with Crippen LogP contribution in [0.1, 0.15) is 18.2 Å². The Balaban J connectivity index is 2.28. The molecule has 15 heavy (non-hydrogen) atoms. The second-order valence-electron chi connectivity index (χ2n) is 3.40. The zero-order valence-electron chi connectivity index (χ0n) is 8.73. The standard InChI is InChI=1S/C12H14N2S/c1-2-9-3-5-10(6-4-9)12-14-11(7-13)8-15-12/h3-6,8H,2,7,13H2,1H3. The summed E-state index contributed by atoms with van der Waals surface area (Å²) in [6, 6.07) is 8.55. The molecule has 0 spiro atoms. The van der Waals surface area contributed by atoms with E-state index in [-0.39, 0.29) is 0 Å². The Hall–Kier alpha value is -1.19. The van der Waals surface area contributed by atoms with Gasteiger partial charge in [-0.2, -0.15) is 0 Å². The number of benzene rings is 1. The Morgan fingerprint density at radius 3 is 2.53 bits per heavy atom. The maximum absolute atomic E-state index is 5.53. The molecule has 0 aliphatic rings. The molecule has 1 heterocycles. The van der Waals surface area contributed by atoms with E-state index >= 15 is 0 Å². The van der Waals surface area contributed by atoms with Crippen LogP contribution in [0.5, 0.6) is 0 Å². The SMILES string of the molecule is CCc1ccc(-c2nc(CN)cs2)cc1. The minimum atomic E-state index is 0.517. The normalized spacial score (nSPS) is 10.5. The topological polar surface area (TPSA) is 38.9 Å². The van der Waals surface area contributed by atoms with Crippen molar-refractivity contribution in [3.8, 4) is 10.6 Å². The molecule has 0 aliphatic carbocycles. The molecule has 78 valence electrons. The predicted octanol–water partition coefficient (Wildman–Crippen LogP) is 2.83. The quantitative estimate of drug-likeness (QED) is 0.860. The van der Waals surface area contributed by atoms with Gasteiger partial charge in [-0.1, -0.05) is 31.2 Å². The monoisotopic (exact) mass is 218 g/mol. The van der Waals surface area contributed by atoms with Crippen molar-refractivity contribution < 1.29 is 0 Å². The van der Waals surface area contributed by atoms with Gasteiger partial charge in [0.15, 0.2) is 0 Å². The Morgan fingerprint density at radius 1 is 1.27 bits per heavy atom. The van der Waals surface area contributed by atoms with E-state index in [0.717, 1.165) is 17.1 Å². The molecular weight excluding hydrogens is 204 g/mol. The summed E-state index contributed by atoms with van der Waals surface area (Å²) in [7, 11) is 0. The summed E-state index contributed by atoms with van der Waals surface area (Å²) in [6.45, 7) is 2.68. The molecule has 2 N–H and O–H groups in total. The highest BCUT2D eigenvalue weighted by atomic mass is 32.1. The van der Waals surface area contributed by atoms with Gasteiger partial charge in [0.2, 0.25) is 0 Å². The predicted molar refractivity (Wildman–Crippen MR) is 64.8 cm³/mol. The highest BCUT2D eigenvalue weighted by molar-refractivity contribution is 7.13. The number of hydrogen-bond donors (Lipinski definition) is 1. The lowest BCUT2D eigenvalue weighted by Crippen LogP contribution is -1.95. The molecule has 2 rings (SSSR count). The molecule has 0 aliphatic heterocycles. The molecular formula is C12H14N2S. The lowest BCUT2D eigenvalue weighted by molar-refractivity contribution is 1.01. The molecule has 0 saturated heterocycles. The third kappa shape index (κ3) is 2.25. The van der Waals surface area contributed by atoms with Crippen LogP contribution in [-0.4, -0.2) is 4.98 Å². The summed E-state index contributed by atoms with van der Waals surface area (Å²) in [4.78, 5) is 4.45. The van der Waals surface area contributed by atoms with Crippen LogP contribution in [0, 0.1) is 0 Å². The second-order valence-corrected chi connectivity index (χ2v) is 4.26. The third-order valence-corrected chi connectivity index (χ3v) is 3.31. The van der Waals surface area contributed by atoms with Crippen molar-refractivity contribution in [3.05, 3.63) is 40.9 Å². The van der Waals surface area contributed by atoms with E-state index in [2.05, 4.69) is 36.2 Å². The summed E-state index contributed by atoms with van der Waals surface area (Å²) >= 11 is 1.65. The minimum Gasteiger partial charge on any atom is -0.325 e. The van der Waals surface area contributed by atoms with E-state index < -0.39 is 0 Å². The molecule has 1 aromatic carbocycles. The lowest BCUT2D eigenvalue weighted by atomic mass is 10.1. The fourth-order valence-corrected chi connectivity index (χ4v) is 2.26. The van der Waals surface area contributed by atoms with Crippen LogP contribution in [0.3, 0.4) is 0 Å². The van der Waals surface area contributed by atoms with Crippen molar-refractivity contribution in [1.82, 2.24) is 4.98 Å². The maximum atomic E-state index is 5.53. The van der Waals surface area contributed by atoms with Gasteiger partial charge in [-0.05, 0) is 12.0 Å². The number of aryl methyl sites for hydroxylation is 1. The van der Waals surface area contributed by atoms with Crippen molar-refractivity contribution in [2.75, 3.05) is 0 Å². The first kappa shape index (κ1) is 10.3. The van der Waals surface area contributed by atoms with E-state index in [4.69, 9.17) is 5.73 Å². The van der Waals surface area contributed by atoms with Gasteiger partial charge in [0.05, 0.1) is 5.69 Å². The van der Waals surface area contributed by atoms with Crippen molar-refractivity contribution >= 4 is 11.3 Å². The number of hydrogen-bond acceptors (Lipinski definition) is 3. The molecule has 0 fully saturated rings. The first-order valence-electron chi connectivity index (χ1n) is 5.07. The highest BCUT2D eigenvalue weighted by Crippen LogP contribution is 2.23. The van der Waals surface area contributed by atoms with E-state index in [1.807, 2.05) is 5.38 Å². The molecule has 2 nitrogen and oxygen atoms in total. The Labute approximate surface area is 93.8 Å². The third-order valence-electron chi connectivity index (χ3n) is 2.37. The number of aromatic nitrogens is 1. The minimum absolute atomic E-state index is 0.517. The largest absolute Gasteiger partial charge is 0.325 e. The molecule has 0 atom stereocenters. The van der Waals surface area contributed by atoms with Crippen molar-refractivity contribution in [1.29, 1.82) is 0 Å². The van der Waals surface area contributed by atoms with Gasteiger partial charge in [-0.25, -0.2) is 4.98 Å². The van der Waals surface area contributed by atoms with Gasteiger partial charge >= 0.3 is 0 Å². The molecule has 3 heteroatoms. The van der Waals surface area contributed by atoms with Crippen LogP contribution >= 0.6 is 11.3 Å². The van der Waals surface area contributed by atoms with Crippen molar-refractivity contribution in [2.24, 2.45) is 5.73 Å². The summed E-state index contributed by atoms with van der Waals surface area (Å²) < 4.78 is 0. The van der Waals surface area contributed by atoms with Crippen LogP contribution in [0.4, 0.5) is 0 Å². The first-order valence-corrected chi connectivity index (χ1v) is 5.95. The number of rotatable bonds is 3. The average Bonchev–Trinajstić information content (AvgIpc) is 2.78. The fourth-order valence-electron chi connectivity index (χ4n) is 1.42. The lowest BCUT2D eigenvalue weighted by Gasteiger charge is -1.98.